The van der Waals surface area contributed by atoms with E-state index in [1.807, 2.05) is 19.1 Å². The maximum absolute atomic E-state index is 5.78. The zero-order valence-electron chi connectivity index (χ0n) is 12.0. The second-order valence-electron chi connectivity index (χ2n) is 5.11. The summed E-state index contributed by atoms with van der Waals surface area (Å²) in [5, 5.41) is 3.61. The molecule has 1 N–H and O–H groups in total. The zero-order chi connectivity index (χ0) is 13.5. The van der Waals surface area contributed by atoms with Crippen LogP contribution in [0.1, 0.15) is 39.5 Å². The fourth-order valence-electron chi connectivity index (χ4n) is 2.61. The molecule has 0 amide bonds. The molecule has 1 aromatic carbocycles. The standard InChI is InChI=1S/C16H25NO2/c1-3-6-15-12-14(9-10-19-15)17-13-7-5-8-16(11-13)18-4-2/h5,7-8,11,14-15,17H,3-4,6,9-10,12H2,1-2H3. The van der Waals surface area contributed by atoms with Crippen LogP contribution >= 0.6 is 0 Å². The highest BCUT2D eigenvalue weighted by molar-refractivity contribution is 5.48. The van der Waals surface area contributed by atoms with Crippen molar-refractivity contribution in [3.05, 3.63) is 24.3 Å². The first kappa shape index (κ1) is 14.2. The van der Waals surface area contributed by atoms with Crippen molar-refractivity contribution in [1.82, 2.24) is 0 Å². The highest BCUT2D eigenvalue weighted by Crippen LogP contribution is 2.23. The van der Waals surface area contributed by atoms with E-state index in [2.05, 4.69) is 24.4 Å². The van der Waals surface area contributed by atoms with Crippen molar-refractivity contribution in [2.45, 2.75) is 51.7 Å². The van der Waals surface area contributed by atoms with E-state index < -0.39 is 0 Å². The van der Waals surface area contributed by atoms with Crippen molar-refractivity contribution in [2.75, 3.05) is 18.5 Å². The minimum Gasteiger partial charge on any atom is -0.494 e. The van der Waals surface area contributed by atoms with Crippen molar-refractivity contribution >= 4 is 5.69 Å². The Morgan fingerprint density at radius 1 is 1.37 bits per heavy atom. The molecule has 3 heteroatoms. The van der Waals surface area contributed by atoms with E-state index in [1.165, 1.54) is 6.42 Å². The van der Waals surface area contributed by atoms with Crippen molar-refractivity contribution in [3.63, 3.8) is 0 Å². The lowest BCUT2D eigenvalue weighted by Crippen LogP contribution is -2.33. The Morgan fingerprint density at radius 3 is 3.05 bits per heavy atom. The van der Waals surface area contributed by atoms with Gasteiger partial charge in [0.1, 0.15) is 5.75 Å². The van der Waals surface area contributed by atoms with Gasteiger partial charge in [-0.15, -0.1) is 0 Å². The Morgan fingerprint density at radius 2 is 2.26 bits per heavy atom. The lowest BCUT2D eigenvalue weighted by Gasteiger charge is -2.30. The van der Waals surface area contributed by atoms with Crippen molar-refractivity contribution in [3.8, 4) is 5.75 Å². The quantitative estimate of drug-likeness (QED) is 0.845. The molecule has 2 unspecified atom stereocenters. The Balaban J connectivity index is 1.90. The number of ether oxygens (including phenoxy) is 2. The van der Waals surface area contributed by atoms with Crippen LogP contribution in [0.25, 0.3) is 0 Å². The van der Waals surface area contributed by atoms with Gasteiger partial charge in [0, 0.05) is 24.4 Å². The Kier molecular flexibility index (Phi) is 5.52. The normalized spacial score (nSPS) is 23.1. The predicted molar refractivity (Wildman–Crippen MR) is 78.9 cm³/mol. The molecule has 106 valence electrons. The molecule has 1 fully saturated rings. The van der Waals surface area contributed by atoms with Gasteiger partial charge < -0.3 is 14.8 Å². The molecular weight excluding hydrogens is 238 g/mol. The molecule has 0 radical (unpaired) electrons. The lowest BCUT2D eigenvalue weighted by atomic mass is 10.00. The average molecular weight is 263 g/mol. The van der Waals surface area contributed by atoms with Gasteiger partial charge in [0.05, 0.1) is 12.7 Å². The molecule has 0 bridgehead atoms. The van der Waals surface area contributed by atoms with E-state index >= 15 is 0 Å². The fraction of sp³-hybridized carbons (Fsp3) is 0.625. The summed E-state index contributed by atoms with van der Waals surface area (Å²) in [5.74, 6) is 0.935. The van der Waals surface area contributed by atoms with Gasteiger partial charge in [-0.1, -0.05) is 19.4 Å². The second kappa shape index (κ2) is 7.39. The predicted octanol–water partition coefficient (Wildman–Crippen LogP) is 3.84. The van der Waals surface area contributed by atoms with E-state index in [-0.39, 0.29) is 0 Å². The summed E-state index contributed by atoms with van der Waals surface area (Å²) < 4.78 is 11.3. The van der Waals surface area contributed by atoms with Gasteiger partial charge in [0.2, 0.25) is 0 Å². The smallest absolute Gasteiger partial charge is 0.121 e. The molecule has 1 aromatic rings. The van der Waals surface area contributed by atoms with Gasteiger partial charge in [-0.3, -0.25) is 0 Å². The minimum atomic E-state index is 0.423. The Hall–Kier alpha value is -1.22. The summed E-state index contributed by atoms with van der Waals surface area (Å²) in [7, 11) is 0. The molecule has 19 heavy (non-hydrogen) atoms. The van der Waals surface area contributed by atoms with Crippen LogP contribution in [-0.4, -0.2) is 25.4 Å². The molecule has 0 saturated carbocycles. The molecule has 2 rings (SSSR count). The van der Waals surface area contributed by atoms with Crippen LogP contribution in [-0.2, 0) is 4.74 Å². The summed E-state index contributed by atoms with van der Waals surface area (Å²) in [4.78, 5) is 0. The molecule has 1 saturated heterocycles. The summed E-state index contributed by atoms with van der Waals surface area (Å²) in [6, 6.07) is 8.73. The van der Waals surface area contributed by atoms with Crippen LogP contribution in [0.5, 0.6) is 5.75 Å². The number of hydrogen-bond donors (Lipinski definition) is 1. The molecule has 1 aliphatic rings. The van der Waals surface area contributed by atoms with E-state index in [1.54, 1.807) is 0 Å². The fourth-order valence-corrected chi connectivity index (χ4v) is 2.61. The number of nitrogens with one attached hydrogen (secondary N) is 1. The number of hydrogen-bond acceptors (Lipinski definition) is 3. The number of anilines is 1. The van der Waals surface area contributed by atoms with Gasteiger partial charge >= 0.3 is 0 Å². The molecule has 2 atom stereocenters. The largest absolute Gasteiger partial charge is 0.494 e. The SMILES string of the molecule is CCCC1CC(Nc2cccc(OCC)c2)CCO1. The third kappa shape index (κ3) is 4.43. The monoisotopic (exact) mass is 263 g/mol. The van der Waals surface area contributed by atoms with E-state index in [0.717, 1.165) is 37.3 Å². The van der Waals surface area contributed by atoms with Gasteiger partial charge in [0.15, 0.2) is 0 Å². The van der Waals surface area contributed by atoms with Gasteiger partial charge in [-0.25, -0.2) is 0 Å². The first-order chi connectivity index (χ1) is 9.31. The summed E-state index contributed by atoms with van der Waals surface area (Å²) in [5.41, 5.74) is 1.15. The summed E-state index contributed by atoms with van der Waals surface area (Å²) in [6.07, 6.45) is 4.96. The topological polar surface area (TPSA) is 30.5 Å². The van der Waals surface area contributed by atoms with Crippen LogP contribution in [0.3, 0.4) is 0 Å². The number of benzene rings is 1. The lowest BCUT2D eigenvalue weighted by molar-refractivity contribution is 0.00598. The molecule has 0 aliphatic carbocycles. The van der Waals surface area contributed by atoms with E-state index in [0.29, 0.717) is 18.8 Å². The molecule has 0 spiro atoms. The van der Waals surface area contributed by atoms with Gasteiger partial charge in [-0.2, -0.15) is 0 Å². The third-order valence-electron chi connectivity index (χ3n) is 3.49. The molecule has 1 aliphatic heterocycles. The summed E-state index contributed by atoms with van der Waals surface area (Å²) in [6.45, 7) is 5.80. The van der Waals surface area contributed by atoms with Crippen LogP contribution in [0.15, 0.2) is 24.3 Å². The maximum Gasteiger partial charge on any atom is 0.121 e. The van der Waals surface area contributed by atoms with Crippen LogP contribution in [0, 0.1) is 0 Å². The first-order valence-corrected chi connectivity index (χ1v) is 7.42. The molecule has 3 nitrogen and oxygen atoms in total. The minimum absolute atomic E-state index is 0.423. The third-order valence-corrected chi connectivity index (χ3v) is 3.49. The van der Waals surface area contributed by atoms with Gasteiger partial charge in [0.25, 0.3) is 0 Å². The van der Waals surface area contributed by atoms with Gasteiger partial charge in [-0.05, 0) is 38.3 Å². The molecule has 1 heterocycles. The maximum atomic E-state index is 5.78. The summed E-state index contributed by atoms with van der Waals surface area (Å²) >= 11 is 0. The zero-order valence-corrected chi connectivity index (χ0v) is 12.0. The number of rotatable bonds is 6. The van der Waals surface area contributed by atoms with Crippen molar-refractivity contribution in [2.24, 2.45) is 0 Å². The molecule has 0 aromatic heterocycles. The van der Waals surface area contributed by atoms with Crippen molar-refractivity contribution in [1.29, 1.82) is 0 Å². The molecular formula is C16H25NO2. The van der Waals surface area contributed by atoms with Crippen LogP contribution in [0.2, 0.25) is 0 Å². The Bertz CT molecular complexity index is 379. The van der Waals surface area contributed by atoms with Crippen molar-refractivity contribution < 1.29 is 9.47 Å². The second-order valence-corrected chi connectivity index (χ2v) is 5.11. The first-order valence-electron chi connectivity index (χ1n) is 7.42. The van der Waals surface area contributed by atoms with Crippen LogP contribution < -0.4 is 10.1 Å². The Labute approximate surface area is 116 Å². The van der Waals surface area contributed by atoms with E-state index in [4.69, 9.17) is 9.47 Å². The average Bonchev–Trinajstić information content (AvgIpc) is 2.40. The highest BCUT2D eigenvalue weighted by Gasteiger charge is 2.21. The van der Waals surface area contributed by atoms with Crippen LogP contribution in [0.4, 0.5) is 5.69 Å². The highest BCUT2D eigenvalue weighted by atomic mass is 16.5. The van der Waals surface area contributed by atoms with E-state index in [9.17, 15) is 0 Å².